The molecule has 3 atom stereocenters. The maximum absolute atomic E-state index is 11.0. The van der Waals surface area contributed by atoms with Crippen LogP contribution in [0, 0.1) is 11.3 Å². The largest absolute Gasteiger partial charge is 0.497 e. The highest BCUT2D eigenvalue weighted by molar-refractivity contribution is 5.49. The Bertz CT molecular complexity index is 743. The van der Waals surface area contributed by atoms with Gasteiger partial charge < -0.3 is 29.4 Å². The number of carbonyl (C=O) groups excluding carboxylic acids is 1. The third-order valence-electron chi connectivity index (χ3n) is 4.85. The van der Waals surface area contributed by atoms with Crippen molar-refractivity contribution in [1.29, 1.82) is 5.26 Å². The van der Waals surface area contributed by atoms with Gasteiger partial charge >= 0.3 is 0 Å². The molecular formula is C21H28N2O5. The van der Waals surface area contributed by atoms with Crippen LogP contribution in [-0.4, -0.2) is 42.9 Å². The molecule has 0 fully saturated rings. The molecule has 3 unspecified atom stereocenters. The zero-order chi connectivity index (χ0) is 20.6. The van der Waals surface area contributed by atoms with Crippen LogP contribution in [0.1, 0.15) is 50.8 Å². The quantitative estimate of drug-likeness (QED) is 0.361. The van der Waals surface area contributed by atoms with E-state index >= 15 is 0 Å². The van der Waals surface area contributed by atoms with E-state index in [0.717, 1.165) is 11.8 Å². The predicted molar refractivity (Wildman–Crippen MR) is 104 cm³/mol. The van der Waals surface area contributed by atoms with E-state index in [9.17, 15) is 15.2 Å². The fourth-order valence-electron chi connectivity index (χ4n) is 3.08. The first kappa shape index (κ1) is 21.7. The molecule has 7 heteroatoms. The van der Waals surface area contributed by atoms with Crippen LogP contribution in [0.15, 0.2) is 30.2 Å². The third kappa shape index (κ3) is 5.03. The molecule has 0 aliphatic carbocycles. The molecule has 0 spiro atoms. The summed E-state index contributed by atoms with van der Waals surface area (Å²) in [5.41, 5.74) is 0.476. The molecule has 0 saturated heterocycles. The summed E-state index contributed by atoms with van der Waals surface area (Å²) >= 11 is 0. The van der Waals surface area contributed by atoms with Crippen LogP contribution in [0.3, 0.4) is 0 Å². The van der Waals surface area contributed by atoms with Crippen molar-refractivity contribution in [3.05, 3.63) is 41.3 Å². The second-order valence-electron chi connectivity index (χ2n) is 6.78. The smallest absolute Gasteiger partial charge is 0.144 e. The first-order chi connectivity index (χ1) is 13.5. The van der Waals surface area contributed by atoms with E-state index in [0.29, 0.717) is 43.1 Å². The minimum absolute atomic E-state index is 0.280. The minimum atomic E-state index is -0.821. The monoisotopic (exact) mass is 388 g/mol. The van der Waals surface area contributed by atoms with Gasteiger partial charge in [-0.05, 0) is 38.5 Å². The van der Waals surface area contributed by atoms with E-state index in [4.69, 9.17) is 14.2 Å². The molecule has 152 valence electrons. The van der Waals surface area contributed by atoms with Gasteiger partial charge in [-0.2, -0.15) is 5.26 Å². The van der Waals surface area contributed by atoms with E-state index < -0.39 is 17.7 Å². The summed E-state index contributed by atoms with van der Waals surface area (Å²) in [6.45, 7) is 6.75. The van der Waals surface area contributed by atoms with Gasteiger partial charge in [-0.3, -0.25) is 0 Å². The number of nitrogens with zero attached hydrogens (tertiary/aromatic N) is 1. The van der Waals surface area contributed by atoms with Crippen molar-refractivity contribution in [2.45, 2.75) is 51.4 Å². The SMILES string of the molecule is CCO/C(=C\OCCC=O)CNC1c2cc(C#N)ccc2OC(C)(CC)C1O. The van der Waals surface area contributed by atoms with Gasteiger partial charge in [-0.15, -0.1) is 0 Å². The Hall–Kier alpha value is -2.56. The minimum Gasteiger partial charge on any atom is -0.497 e. The van der Waals surface area contributed by atoms with Gasteiger partial charge in [-0.1, -0.05) is 6.92 Å². The molecule has 2 N–H and O–H groups in total. The number of hydrogen-bond donors (Lipinski definition) is 2. The number of benzene rings is 1. The van der Waals surface area contributed by atoms with Crippen LogP contribution in [0.25, 0.3) is 0 Å². The number of fused-ring (bicyclic) bond motifs is 1. The van der Waals surface area contributed by atoms with Gasteiger partial charge in [0.2, 0.25) is 0 Å². The van der Waals surface area contributed by atoms with Crippen LogP contribution < -0.4 is 10.1 Å². The fraction of sp³-hybridized carbons (Fsp3) is 0.524. The number of rotatable bonds is 10. The van der Waals surface area contributed by atoms with Crippen LogP contribution in [0.4, 0.5) is 0 Å². The van der Waals surface area contributed by atoms with Gasteiger partial charge in [0.15, 0.2) is 0 Å². The molecule has 1 heterocycles. The zero-order valence-electron chi connectivity index (χ0n) is 16.6. The van der Waals surface area contributed by atoms with Gasteiger partial charge in [0.25, 0.3) is 0 Å². The summed E-state index contributed by atoms with van der Waals surface area (Å²) in [6, 6.07) is 6.88. The molecule has 1 aliphatic heterocycles. The van der Waals surface area contributed by atoms with Gasteiger partial charge in [0, 0.05) is 12.0 Å². The highest BCUT2D eigenvalue weighted by atomic mass is 16.5. The molecule has 0 saturated carbocycles. The lowest BCUT2D eigenvalue weighted by molar-refractivity contribution is -0.108. The maximum atomic E-state index is 11.0. The molecule has 0 amide bonds. The molecule has 2 rings (SSSR count). The lowest BCUT2D eigenvalue weighted by Gasteiger charge is -2.44. The molecule has 1 aromatic carbocycles. The first-order valence-electron chi connectivity index (χ1n) is 9.50. The number of nitriles is 1. The molecule has 28 heavy (non-hydrogen) atoms. The van der Waals surface area contributed by atoms with E-state index in [1.54, 1.807) is 18.2 Å². The zero-order valence-corrected chi connectivity index (χ0v) is 16.6. The average molecular weight is 388 g/mol. The number of aldehydes is 1. The Kier molecular flexibility index (Phi) is 7.85. The normalized spacial score (nSPS) is 23.9. The van der Waals surface area contributed by atoms with Crippen molar-refractivity contribution in [2.24, 2.45) is 0 Å². The van der Waals surface area contributed by atoms with Crippen molar-refractivity contribution < 1.29 is 24.1 Å². The molecule has 0 bridgehead atoms. The average Bonchev–Trinajstić information content (AvgIpc) is 2.71. The van der Waals surface area contributed by atoms with Crippen LogP contribution in [0.2, 0.25) is 0 Å². The van der Waals surface area contributed by atoms with Gasteiger partial charge in [-0.25, -0.2) is 0 Å². The Morgan fingerprint density at radius 3 is 2.89 bits per heavy atom. The van der Waals surface area contributed by atoms with E-state index in [2.05, 4.69) is 11.4 Å². The fourth-order valence-corrected chi connectivity index (χ4v) is 3.08. The Morgan fingerprint density at radius 1 is 1.46 bits per heavy atom. The highest BCUT2D eigenvalue weighted by Crippen LogP contribution is 2.41. The van der Waals surface area contributed by atoms with Crippen molar-refractivity contribution in [1.82, 2.24) is 5.32 Å². The predicted octanol–water partition coefficient (Wildman–Crippen LogP) is 2.59. The van der Waals surface area contributed by atoms with E-state index in [1.807, 2.05) is 20.8 Å². The lowest BCUT2D eigenvalue weighted by Crippen LogP contribution is -2.54. The number of carbonyl (C=O) groups is 1. The van der Waals surface area contributed by atoms with Gasteiger partial charge in [0.05, 0.1) is 37.4 Å². The number of hydrogen-bond acceptors (Lipinski definition) is 7. The van der Waals surface area contributed by atoms with Crippen molar-refractivity contribution in [3.8, 4) is 11.8 Å². The van der Waals surface area contributed by atoms with Crippen LogP contribution in [-0.2, 0) is 14.3 Å². The highest BCUT2D eigenvalue weighted by Gasteiger charge is 2.44. The summed E-state index contributed by atoms with van der Waals surface area (Å²) in [7, 11) is 0. The lowest BCUT2D eigenvalue weighted by atomic mass is 9.83. The summed E-state index contributed by atoms with van der Waals surface area (Å²) in [6.07, 6.45) is 2.38. The summed E-state index contributed by atoms with van der Waals surface area (Å²) in [5.74, 6) is 1.21. The molecule has 0 radical (unpaired) electrons. The topological polar surface area (TPSA) is 101 Å². The van der Waals surface area contributed by atoms with E-state index in [1.165, 1.54) is 6.26 Å². The van der Waals surface area contributed by atoms with Crippen molar-refractivity contribution in [3.63, 3.8) is 0 Å². The Labute approximate surface area is 165 Å². The molecule has 1 aliphatic rings. The number of nitrogens with one attached hydrogen (secondary N) is 1. The third-order valence-corrected chi connectivity index (χ3v) is 4.85. The van der Waals surface area contributed by atoms with Crippen LogP contribution >= 0.6 is 0 Å². The molecule has 7 nitrogen and oxygen atoms in total. The maximum Gasteiger partial charge on any atom is 0.144 e. The van der Waals surface area contributed by atoms with Crippen LogP contribution in [0.5, 0.6) is 5.75 Å². The van der Waals surface area contributed by atoms with E-state index in [-0.39, 0.29) is 6.61 Å². The molecule has 1 aromatic rings. The standard InChI is InChI=1S/C21H28N2O5/c1-4-21(3)20(25)19(17-11-15(12-22)7-8-18(17)28-21)23-13-16(27-5-2)14-26-10-6-9-24/h7-9,11,14,19-20,23,25H,4-6,10,13H2,1-3H3/b16-14-. The molecular weight excluding hydrogens is 360 g/mol. The summed E-state index contributed by atoms with van der Waals surface area (Å²) < 4.78 is 17.0. The van der Waals surface area contributed by atoms with Crippen molar-refractivity contribution in [2.75, 3.05) is 19.8 Å². The second kappa shape index (κ2) is 10.1. The number of aliphatic hydroxyl groups is 1. The van der Waals surface area contributed by atoms with Gasteiger partial charge in [0.1, 0.15) is 35.8 Å². The Balaban J connectivity index is 2.23. The molecule has 0 aromatic heterocycles. The van der Waals surface area contributed by atoms with Crippen molar-refractivity contribution >= 4 is 6.29 Å². The Morgan fingerprint density at radius 2 is 2.25 bits per heavy atom. The first-order valence-corrected chi connectivity index (χ1v) is 9.50. The summed E-state index contributed by atoms with van der Waals surface area (Å²) in [4.78, 5) is 10.4. The number of aliphatic hydroxyl groups excluding tert-OH is 1. The number of ether oxygens (including phenoxy) is 3. The second-order valence-corrected chi connectivity index (χ2v) is 6.78. The summed E-state index contributed by atoms with van der Waals surface area (Å²) in [5, 5.41) is 23.5.